The van der Waals surface area contributed by atoms with E-state index < -0.39 is 5.91 Å². The van der Waals surface area contributed by atoms with E-state index in [0.717, 1.165) is 20.9 Å². The van der Waals surface area contributed by atoms with E-state index in [1.54, 1.807) is 42.5 Å². The molecule has 0 spiro atoms. The first kappa shape index (κ1) is 26.4. The number of hydrogen-bond donors (Lipinski definition) is 0. The highest BCUT2D eigenvalue weighted by molar-refractivity contribution is 14.1. The second-order valence-electron chi connectivity index (χ2n) is 7.61. The molecule has 0 radical (unpaired) electrons. The third-order valence-corrected chi connectivity index (χ3v) is 7.71. The maximum atomic E-state index is 13.0. The summed E-state index contributed by atoms with van der Waals surface area (Å²) >= 11 is 15.0. The molecule has 3 aromatic rings. The molecule has 1 saturated heterocycles. The van der Waals surface area contributed by atoms with Crippen LogP contribution in [0.3, 0.4) is 0 Å². The van der Waals surface area contributed by atoms with E-state index in [2.05, 4.69) is 28.7 Å². The molecule has 36 heavy (non-hydrogen) atoms. The van der Waals surface area contributed by atoms with Crippen molar-refractivity contribution >= 4 is 74.8 Å². The van der Waals surface area contributed by atoms with Gasteiger partial charge >= 0.3 is 0 Å². The molecule has 1 heterocycles. The Kier molecular flexibility index (Phi) is 8.46. The molecule has 0 bridgehead atoms. The average molecular weight is 651 g/mol. The maximum Gasteiger partial charge on any atom is 0.293 e. The van der Waals surface area contributed by atoms with Gasteiger partial charge < -0.3 is 9.47 Å². The van der Waals surface area contributed by atoms with Gasteiger partial charge in [0.25, 0.3) is 11.1 Å². The third kappa shape index (κ3) is 5.81. The minimum absolute atomic E-state index is 0.0939. The Morgan fingerprint density at radius 2 is 1.89 bits per heavy atom. The largest absolute Gasteiger partial charge is 0.493 e. The number of nitrogens with zero attached hydrogens (tertiary/aromatic N) is 2. The van der Waals surface area contributed by atoms with E-state index >= 15 is 0 Å². The second kappa shape index (κ2) is 11.6. The van der Waals surface area contributed by atoms with Crippen LogP contribution < -0.4 is 9.47 Å². The monoisotopic (exact) mass is 650 g/mol. The number of carbonyl (C=O) groups is 2. The Morgan fingerprint density at radius 1 is 1.11 bits per heavy atom. The zero-order valence-electron chi connectivity index (χ0n) is 18.8. The number of benzene rings is 3. The summed E-state index contributed by atoms with van der Waals surface area (Å²) in [6, 6.07) is 17.9. The number of imide groups is 1. The molecule has 0 saturated carbocycles. The summed E-state index contributed by atoms with van der Waals surface area (Å²) in [4.78, 5) is 27.0. The van der Waals surface area contributed by atoms with E-state index in [9.17, 15) is 14.9 Å². The molecule has 6 nitrogen and oxygen atoms in total. The second-order valence-corrected chi connectivity index (χ2v) is 10.6. The number of rotatable bonds is 7. The fraction of sp³-hybridized carbons (Fsp3) is 0.115. The summed E-state index contributed by atoms with van der Waals surface area (Å²) in [5.74, 6) is 0.604. The predicted molar refractivity (Wildman–Crippen MR) is 149 cm³/mol. The summed E-state index contributed by atoms with van der Waals surface area (Å²) in [5, 5.41) is 9.70. The third-order valence-electron chi connectivity index (χ3n) is 5.26. The quantitative estimate of drug-likeness (QED) is 0.197. The minimum atomic E-state index is -0.390. The molecule has 2 amide bonds. The van der Waals surface area contributed by atoms with Crippen LogP contribution in [-0.4, -0.2) is 23.2 Å². The topological polar surface area (TPSA) is 79.6 Å². The van der Waals surface area contributed by atoms with Gasteiger partial charge in [-0.05, 0) is 81.9 Å². The van der Waals surface area contributed by atoms with E-state index in [1.807, 2.05) is 18.2 Å². The minimum Gasteiger partial charge on any atom is -0.493 e. The molecule has 182 valence electrons. The van der Waals surface area contributed by atoms with Crippen molar-refractivity contribution in [1.29, 1.82) is 5.26 Å². The van der Waals surface area contributed by atoms with E-state index in [4.69, 9.17) is 32.7 Å². The number of ether oxygens (including phenoxy) is 2. The highest BCUT2D eigenvalue weighted by atomic mass is 127. The van der Waals surface area contributed by atoms with Crippen molar-refractivity contribution in [2.45, 2.75) is 13.2 Å². The Labute approximate surface area is 235 Å². The van der Waals surface area contributed by atoms with Crippen LogP contribution in [0.4, 0.5) is 4.79 Å². The summed E-state index contributed by atoms with van der Waals surface area (Å²) in [7, 11) is 1.52. The van der Waals surface area contributed by atoms with Crippen molar-refractivity contribution in [1.82, 2.24) is 4.90 Å². The molecule has 0 aromatic heterocycles. The first-order valence-electron chi connectivity index (χ1n) is 10.5. The van der Waals surface area contributed by atoms with Crippen LogP contribution in [0.25, 0.3) is 6.08 Å². The van der Waals surface area contributed by atoms with Crippen LogP contribution in [0.15, 0.2) is 59.5 Å². The van der Waals surface area contributed by atoms with Crippen LogP contribution in [-0.2, 0) is 17.9 Å². The molecule has 0 aliphatic carbocycles. The van der Waals surface area contributed by atoms with Crippen LogP contribution in [0.5, 0.6) is 11.5 Å². The van der Waals surface area contributed by atoms with Crippen molar-refractivity contribution < 1.29 is 19.1 Å². The predicted octanol–water partition coefficient (Wildman–Crippen LogP) is 7.29. The summed E-state index contributed by atoms with van der Waals surface area (Å²) < 4.78 is 12.3. The van der Waals surface area contributed by atoms with Gasteiger partial charge in [0.05, 0.1) is 43.8 Å². The fourth-order valence-electron chi connectivity index (χ4n) is 3.48. The zero-order valence-corrected chi connectivity index (χ0v) is 23.2. The Hall–Kier alpha value is -2.71. The molecular weight excluding hydrogens is 634 g/mol. The van der Waals surface area contributed by atoms with Gasteiger partial charge in [-0.1, -0.05) is 47.5 Å². The lowest BCUT2D eigenvalue weighted by atomic mass is 10.1. The highest BCUT2D eigenvalue weighted by Crippen LogP contribution is 2.38. The van der Waals surface area contributed by atoms with E-state index in [0.29, 0.717) is 43.1 Å². The number of carbonyl (C=O) groups excluding carboxylic acids is 2. The number of halogens is 3. The molecule has 0 atom stereocenters. The highest BCUT2D eigenvalue weighted by Gasteiger charge is 2.35. The number of nitriles is 1. The molecule has 3 aromatic carbocycles. The molecule has 4 rings (SSSR count). The molecule has 1 aliphatic rings. The zero-order chi connectivity index (χ0) is 25.8. The number of thioether (sulfide) groups is 1. The normalized spacial score (nSPS) is 14.3. The first-order chi connectivity index (χ1) is 17.3. The molecule has 0 N–H and O–H groups in total. The summed E-state index contributed by atoms with van der Waals surface area (Å²) in [5.41, 5.74) is 2.68. The van der Waals surface area contributed by atoms with Gasteiger partial charge in [0.1, 0.15) is 6.61 Å². The van der Waals surface area contributed by atoms with E-state index in [1.165, 1.54) is 12.0 Å². The van der Waals surface area contributed by atoms with Crippen LogP contribution in [0, 0.1) is 14.9 Å². The Morgan fingerprint density at radius 3 is 2.61 bits per heavy atom. The lowest BCUT2D eigenvalue weighted by Crippen LogP contribution is -2.27. The SMILES string of the molecule is COc1cc(/C=C2/SC(=O)N(Cc3ccc(Cl)c(Cl)c3)C2=O)cc(I)c1OCc1ccccc1C#N. The van der Waals surface area contributed by atoms with Crippen LogP contribution >= 0.6 is 57.6 Å². The summed E-state index contributed by atoms with van der Waals surface area (Å²) in [6.45, 7) is 0.291. The number of methoxy groups -OCH3 is 1. The smallest absolute Gasteiger partial charge is 0.293 e. The first-order valence-corrected chi connectivity index (χ1v) is 13.1. The van der Waals surface area contributed by atoms with Gasteiger partial charge in [-0.2, -0.15) is 5.26 Å². The number of amides is 2. The standard InChI is InChI=1S/C26H17Cl2IN2O4S/c1-34-22-10-16(9-21(29)24(22)35-14-18-5-3-2-4-17(18)12-30)11-23-25(32)31(26(33)36-23)13-15-6-7-19(27)20(28)8-15/h2-11H,13-14H2,1H3/b23-11+. The van der Waals surface area contributed by atoms with Crippen molar-refractivity contribution in [3.05, 3.63) is 95.4 Å². The van der Waals surface area contributed by atoms with E-state index in [-0.39, 0.29) is 18.4 Å². The van der Waals surface area contributed by atoms with Gasteiger partial charge in [-0.25, -0.2) is 0 Å². The lowest BCUT2D eigenvalue weighted by molar-refractivity contribution is -0.123. The van der Waals surface area contributed by atoms with Crippen LogP contribution in [0.1, 0.15) is 22.3 Å². The van der Waals surface area contributed by atoms with Crippen LogP contribution in [0.2, 0.25) is 10.0 Å². The maximum absolute atomic E-state index is 13.0. The van der Waals surface area contributed by atoms with Crippen molar-refractivity contribution in [2.75, 3.05) is 7.11 Å². The molecule has 1 fully saturated rings. The average Bonchev–Trinajstić information content (AvgIpc) is 3.12. The molecular formula is C26H17Cl2IN2O4S. The van der Waals surface area contributed by atoms with Crippen molar-refractivity contribution in [2.24, 2.45) is 0 Å². The molecule has 10 heteroatoms. The summed E-state index contributed by atoms with van der Waals surface area (Å²) in [6.07, 6.45) is 1.65. The van der Waals surface area contributed by atoms with Gasteiger partial charge in [-0.3, -0.25) is 14.5 Å². The van der Waals surface area contributed by atoms with Crippen molar-refractivity contribution in [3.8, 4) is 17.6 Å². The lowest BCUT2D eigenvalue weighted by Gasteiger charge is -2.14. The van der Waals surface area contributed by atoms with Gasteiger partial charge in [0.15, 0.2) is 11.5 Å². The molecule has 0 unspecified atom stereocenters. The molecule has 1 aliphatic heterocycles. The number of hydrogen-bond acceptors (Lipinski definition) is 6. The van der Waals surface area contributed by atoms with Gasteiger partial charge in [0.2, 0.25) is 0 Å². The fourth-order valence-corrected chi connectivity index (χ4v) is 5.42. The Bertz CT molecular complexity index is 1440. The van der Waals surface area contributed by atoms with Gasteiger partial charge in [0, 0.05) is 5.56 Å². The van der Waals surface area contributed by atoms with Gasteiger partial charge in [-0.15, -0.1) is 0 Å². The Balaban J connectivity index is 1.54. The van der Waals surface area contributed by atoms with Crippen molar-refractivity contribution in [3.63, 3.8) is 0 Å².